The zero-order chi connectivity index (χ0) is 13.5. The summed E-state index contributed by atoms with van der Waals surface area (Å²) >= 11 is 0. The quantitative estimate of drug-likeness (QED) is 0.811. The molecule has 1 unspecified atom stereocenters. The number of hydrogen-bond donors (Lipinski definition) is 1. The van der Waals surface area contributed by atoms with Crippen LogP contribution in [-0.2, 0) is 0 Å². The molecule has 0 aliphatic heterocycles. The SMILES string of the molecule is CC(NCCOc1ccccc1)c1cncc(F)c1. The summed E-state index contributed by atoms with van der Waals surface area (Å²) < 4.78 is 18.6. The standard InChI is InChI=1S/C15H17FN2O/c1-12(13-9-14(16)11-17-10-13)18-7-8-19-15-5-3-2-4-6-15/h2-6,9-12,18H,7-8H2,1H3. The number of nitrogens with zero attached hydrogens (tertiary/aromatic N) is 1. The van der Waals surface area contributed by atoms with E-state index in [0.717, 1.165) is 11.3 Å². The third kappa shape index (κ3) is 4.34. The fraction of sp³-hybridized carbons (Fsp3) is 0.267. The highest BCUT2D eigenvalue weighted by atomic mass is 19.1. The molecule has 0 bridgehead atoms. The van der Waals surface area contributed by atoms with Gasteiger partial charge in [-0.2, -0.15) is 0 Å². The topological polar surface area (TPSA) is 34.1 Å². The summed E-state index contributed by atoms with van der Waals surface area (Å²) in [5.74, 6) is 0.538. The highest BCUT2D eigenvalue weighted by molar-refractivity contribution is 5.20. The number of aromatic nitrogens is 1. The third-order valence-corrected chi connectivity index (χ3v) is 2.79. The Morgan fingerprint density at radius 3 is 2.79 bits per heavy atom. The molecule has 1 aromatic heterocycles. The van der Waals surface area contributed by atoms with E-state index in [4.69, 9.17) is 4.74 Å². The number of ether oxygens (including phenoxy) is 1. The molecule has 1 heterocycles. The second-order valence-electron chi connectivity index (χ2n) is 4.27. The van der Waals surface area contributed by atoms with Gasteiger partial charge in [0.15, 0.2) is 0 Å². The molecule has 0 saturated heterocycles. The number of benzene rings is 1. The number of halogens is 1. The van der Waals surface area contributed by atoms with Crippen LogP contribution in [0, 0.1) is 5.82 Å². The van der Waals surface area contributed by atoms with Crippen LogP contribution in [0.15, 0.2) is 48.8 Å². The average molecular weight is 260 g/mol. The first-order valence-corrected chi connectivity index (χ1v) is 6.27. The maximum atomic E-state index is 13.0. The van der Waals surface area contributed by atoms with Gasteiger partial charge in [0.25, 0.3) is 0 Å². The average Bonchev–Trinajstić information content (AvgIpc) is 2.44. The van der Waals surface area contributed by atoms with Gasteiger partial charge in [-0.25, -0.2) is 4.39 Å². The minimum Gasteiger partial charge on any atom is -0.492 e. The Labute approximate surface area is 112 Å². The summed E-state index contributed by atoms with van der Waals surface area (Å²) in [6.07, 6.45) is 2.87. The summed E-state index contributed by atoms with van der Waals surface area (Å²) in [7, 11) is 0. The molecule has 0 amide bonds. The van der Waals surface area contributed by atoms with Gasteiger partial charge in [0, 0.05) is 18.8 Å². The smallest absolute Gasteiger partial charge is 0.141 e. The van der Waals surface area contributed by atoms with E-state index in [1.807, 2.05) is 37.3 Å². The molecule has 19 heavy (non-hydrogen) atoms. The van der Waals surface area contributed by atoms with E-state index in [0.29, 0.717) is 13.2 Å². The molecule has 0 saturated carbocycles. The first-order chi connectivity index (χ1) is 9.25. The normalized spacial score (nSPS) is 12.1. The Morgan fingerprint density at radius 1 is 1.26 bits per heavy atom. The third-order valence-electron chi connectivity index (χ3n) is 2.79. The molecular formula is C15H17FN2O. The van der Waals surface area contributed by atoms with Crippen LogP contribution in [0.4, 0.5) is 4.39 Å². The lowest BCUT2D eigenvalue weighted by atomic mass is 10.1. The Bertz CT molecular complexity index is 505. The lowest BCUT2D eigenvalue weighted by Gasteiger charge is -2.14. The maximum absolute atomic E-state index is 13.0. The molecule has 0 aliphatic rings. The van der Waals surface area contributed by atoms with Crippen molar-refractivity contribution in [3.63, 3.8) is 0 Å². The van der Waals surface area contributed by atoms with Crippen molar-refractivity contribution in [2.45, 2.75) is 13.0 Å². The van der Waals surface area contributed by atoms with Crippen LogP contribution in [0.2, 0.25) is 0 Å². The monoisotopic (exact) mass is 260 g/mol. The fourth-order valence-corrected chi connectivity index (χ4v) is 1.74. The van der Waals surface area contributed by atoms with Crippen molar-refractivity contribution in [1.29, 1.82) is 0 Å². The van der Waals surface area contributed by atoms with Gasteiger partial charge in [0.05, 0.1) is 6.20 Å². The van der Waals surface area contributed by atoms with Crippen LogP contribution in [0.1, 0.15) is 18.5 Å². The predicted octanol–water partition coefficient (Wildman–Crippen LogP) is 2.95. The van der Waals surface area contributed by atoms with E-state index in [2.05, 4.69) is 10.3 Å². The molecule has 100 valence electrons. The van der Waals surface area contributed by atoms with Gasteiger partial charge < -0.3 is 10.1 Å². The molecule has 0 spiro atoms. The minimum absolute atomic E-state index is 0.0440. The van der Waals surface area contributed by atoms with Crippen LogP contribution >= 0.6 is 0 Å². The summed E-state index contributed by atoms with van der Waals surface area (Å²) in [6.45, 7) is 3.22. The second kappa shape index (κ2) is 6.85. The van der Waals surface area contributed by atoms with Crippen molar-refractivity contribution in [1.82, 2.24) is 10.3 Å². The molecule has 2 aromatic rings. The van der Waals surface area contributed by atoms with Crippen molar-refractivity contribution in [2.75, 3.05) is 13.2 Å². The van der Waals surface area contributed by atoms with Gasteiger partial charge in [-0.1, -0.05) is 18.2 Å². The first kappa shape index (κ1) is 13.5. The number of nitrogens with one attached hydrogen (secondary N) is 1. The van der Waals surface area contributed by atoms with Crippen molar-refractivity contribution in [3.05, 3.63) is 60.2 Å². The first-order valence-electron chi connectivity index (χ1n) is 6.27. The lowest BCUT2D eigenvalue weighted by molar-refractivity contribution is 0.307. The van der Waals surface area contributed by atoms with E-state index >= 15 is 0 Å². The molecule has 3 nitrogen and oxygen atoms in total. The molecule has 0 radical (unpaired) electrons. The largest absolute Gasteiger partial charge is 0.492 e. The Kier molecular flexibility index (Phi) is 4.86. The number of para-hydroxylation sites is 1. The van der Waals surface area contributed by atoms with E-state index in [-0.39, 0.29) is 11.9 Å². The summed E-state index contributed by atoms with van der Waals surface area (Å²) in [5, 5.41) is 3.26. The van der Waals surface area contributed by atoms with Crippen LogP contribution in [0.25, 0.3) is 0 Å². The van der Waals surface area contributed by atoms with Crippen LogP contribution in [0.3, 0.4) is 0 Å². The van der Waals surface area contributed by atoms with Crippen molar-refractivity contribution in [3.8, 4) is 5.75 Å². The van der Waals surface area contributed by atoms with E-state index in [1.165, 1.54) is 12.3 Å². The van der Waals surface area contributed by atoms with Crippen LogP contribution in [-0.4, -0.2) is 18.1 Å². The van der Waals surface area contributed by atoms with Gasteiger partial charge >= 0.3 is 0 Å². The van der Waals surface area contributed by atoms with E-state index in [9.17, 15) is 4.39 Å². The van der Waals surface area contributed by atoms with Gasteiger partial charge in [-0.3, -0.25) is 4.98 Å². The molecule has 0 aliphatic carbocycles. The van der Waals surface area contributed by atoms with Crippen molar-refractivity contribution >= 4 is 0 Å². The second-order valence-corrected chi connectivity index (χ2v) is 4.27. The van der Waals surface area contributed by atoms with Gasteiger partial charge in [-0.15, -0.1) is 0 Å². The zero-order valence-corrected chi connectivity index (χ0v) is 10.8. The highest BCUT2D eigenvalue weighted by Gasteiger charge is 2.05. The molecule has 1 N–H and O–H groups in total. The number of rotatable bonds is 6. The molecule has 1 atom stereocenters. The molecule has 1 aromatic carbocycles. The summed E-state index contributed by atoms with van der Waals surface area (Å²) in [4.78, 5) is 3.83. The summed E-state index contributed by atoms with van der Waals surface area (Å²) in [5.41, 5.74) is 0.833. The Balaban J connectivity index is 1.74. The fourth-order valence-electron chi connectivity index (χ4n) is 1.74. The summed E-state index contributed by atoms with van der Waals surface area (Å²) in [6, 6.07) is 11.2. The number of pyridine rings is 1. The Hall–Kier alpha value is -1.94. The highest BCUT2D eigenvalue weighted by Crippen LogP contribution is 2.12. The van der Waals surface area contributed by atoms with Crippen molar-refractivity contribution in [2.24, 2.45) is 0 Å². The van der Waals surface area contributed by atoms with E-state index < -0.39 is 0 Å². The van der Waals surface area contributed by atoms with E-state index in [1.54, 1.807) is 6.20 Å². The molecule has 2 rings (SSSR count). The maximum Gasteiger partial charge on any atom is 0.141 e. The molecule has 4 heteroatoms. The van der Waals surface area contributed by atoms with Gasteiger partial charge in [0.2, 0.25) is 0 Å². The molecular weight excluding hydrogens is 243 g/mol. The van der Waals surface area contributed by atoms with Gasteiger partial charge in [0.1, 0.15) is 18.2 Å². The minimum atomic E-state index is -0.313. The van der Waals surface area contributed by atoms with Gasteiger partial charge in [-0.05, 0) is 30.7 Å². The zero-order valence-electron chi connectivity index (χ0n) is 10.8. The van der Waals surface area contributed by atoms with Crippen molar-refractivity contribution < 1.29 is 9.13 Å². The lowest BCUT2D eigenvalue weighted by Crippen LogP contribution is -2.24. The molecule has 0 fully saturated rings. The van der Waals surface area contributed by atoms with Crippen LogP contribution in [0.5, 0.6) is 5.75 Å². The number of hydrogen-bond acceptors (Lipinski definition) is 3. The predicted molar refractivity (Wildman–Crippen MR) is 72.5 cm³/mol. The Morgan fingerprint density at radius 2 is 2.05 bits per heavy atom. The van der Waals surface area contributed by atoms with Crippen LogP contribution < -0.4 is 10.1 Å².